The number of allylic oxidation sites excluding steroid dienone is 5. The molecule has 0 saturated heterocycles. The second-order valence-corrected chi connectivity index (χ2v) is 8.95. The lowest BCUT2D eigenvalue weighted by atomic mass is 9.98. The Hall–Kier alpha value is -1.50. The van der Waals surface area contributed by atoms with Crippen molar-refractivity contribution >= 4 is 13.7 Å². The fourth-order valence-electron chi connectivity index (χ4n) is 2.89. The summed E-state index contributed by atoms with van der Waals surface area (Å²) in [5.41, 5.74) is 0. The summed E-state index contributed by atoms with van der Waals surface area (Å²) < 4.78 is 56.0. The molecule has 3 unspecified atom stereocenters. The predicted molar refractivity (Wildman–Crippen MR) is 107 cm³/mol. The number of esters is 1. The van der Waals surface area contributed by atoms with Crippen LogP contribution in [0, 0.1) is 0 Å². The zero-order valence-corrected chi connectivity index (χ0v) is 17.8. The first kappa shape index (κ1) is 23.8. The van der Waals surface area contributed by atoms with E-state index in [1.54, 1.807) is 24.3 Å². The Morgan fingerprint density at radius 2 is 1.97 bits per heavy atom. The number of hydrogen-bond acceptors (Lipinski definition) is 5. The molecule has 2 rings (SSSR count). The van der Waals surface area contributed by atoms with Crippen LogP contribution in [0.4, 0.5) is 8.78 Å². The topological polar surface area (TPSA) is 73.9 Å². The maximum Gasteiger partial charge on any atom is 0.459 e. The molecule has 0 bridgehead atoms. The van der Waals surface area contributed by atoms with Crippen LogP contribution in [-0.4, -0.2) is 37.1 Å². The van der Waals surface area contributed by atoms with Crippen molar-refractivity contribution in [2.45, 2.75) is 76.9 Å². The van der Waals surface area contributed by atoms with Crippen LogP contribution >= 0.6 is 7.75 Å². The molecule has 0 amide bonds. The van der Waals surface area contributed by atoms with Gasteiger partial charge in [-0.25, -0.2) is 13.3 Å². The number of carbonyl (C=O) groups excluding carboxylic acids is 1. The highest BCUT2D eigenvalue weighted by Gasteiger charge is 2.35. The van der Waals surface area contributed by atoms with E-state index in [1.807, 2.05) is 6.08 Å². The van der Waals surface area contributed by atoms with Crippen molar-refractivity contribution in [1.82, 2.24) is 5.09 Å². The van der Waals surface area contributed by atoms with Crippen molar-refractivity contribution in [2.75, 3.05) is 6.61 Å². The second-order valence-electron chi connectivity index (χ2n) is 7.26. The summed E-state index contributed by atoms with van der Waals surface area (Å²) in [6.45, 7) is 1.73. The molecule has 0 radical (unpaired) electrons. The minimum Gasteiger partial charge on any atom is -0.461 e. The molecule has 2 aliphatic carbocycles. The van der Waals surface area contributed by atoms with E-state index >= 15 is 0 Å². The molecule has 164 valence electrons. The number of alkyl halides is 2. The Kier molecular flexibility index (Phi) is 9.53. The van der Waals surface area contributed by atoms with E-state index in [2.05, 4.69) is 5.09 Å². The van der Waals surface area contributed by atoms with Crippen LogP contribution in [0.15, 0.2) is 36.1 Å². The van der Waals surface area contributed by atoms with E-state index < -0.39 is 38.7 Å². The van der Waals surface area contributed by atoms with Gasteiger partial charge in [-0.2, -0.15) is 5.09 Å². The molecule has 1 fully saturated rings. The van der Waals surface area contributed by atoms with Crippen LogP contribution < -0.4 is 5.09 Å². The van der Waals surface area contributed by atoms with Crippen molar-refractivity contribution in [1.29, 1.82) is 0 Å². The Bertz CT molecular complexity index is 674. The van der Waals surface area contributed by atoms with Gasteiger partial charge in [0, 0.05) is 0 Å². The quantitative estimate of drug-likeness (QED) is 0.383. The van der Waals surface area contributed by atoms with Crippen LogP contribution in [0.2, 0.25) is 0 Å². The minimum atomic E-state index is -4.17. The summed E-state index contributed by atoms with van der Waals surface area (Å²) in [6.07, 6.45) is 9.94. The number of nitrogens with one attached hydrogen (secondary N) is 1. The molecule has 0 aromatic rings. The average Bonchev–Trinajstić information content (AvgIpc) is 2.95. The van der Waals surface area contributed by atoms with Gasteiger partial charge in [0.15, 0.2) is 6.17 Å². The van der Waals surface area contributed by atoms with Gasteiger partial charge in [-0.05, 0) is 58.1 Å². The third kappa shape index (κ3) is 8.41. The standard InChI is InChI=1S/C20H30F2NO5P/c1-15(21)19(22)14-26-29(25,28-18-12-6-3-4-7-13-18)23-16(2)20(24)27-17-10-8-5-9-11-17/h3,6-7,12-13,15-17,19H,4-5,8-11,14H2,1-2H3,(H,23,25)/t15-,16?,19?,29?/m0/s1. The number of hydrogen-bond donors (Lipinski definition) is 1. The van der Waals surface area contributed by atoms with E-state index in [4.69, 9.17) is 13.8 Å². The van der Waals surface area contributed by atoms with Crippen LogP contribution in [0.1, 0.15) is 52.4 Å². The van der Waals surface area contributed by atoms with E-state index in [-0.39, 0.29) is 11.9 Å². The number of carbonyl (C=O) groups is 1. The molecule has 6 nitrogen and oxygen atoms in total. The summed E-state index contributed by atoms with van der Waals surface area (Å²) in [4.78, 5) is 12.4. The van der Waals surface area contributed by atoms with Gasteiger partial charge in [0.2, 0.25) is 0 Å². The van der Waals surface area contributed by atoms with Gasteiger partial charge in [-0.15, -0.1) is 0 Å². The maximum atomic E-state index is 13.7. The fraction of sp³-hybridized carbons (Fsp3) is 0.650. The van der Waals surface area contributed by atoms with Crippen molar-refractivity contribution in [3.8, 4) is 0 Å². The van der Waals surface area contributed by atoms with Gasteiger partial charge in [-0.1, -0.05) is 24.6 Å². The highest BCUT2D eigenvalue weighted by Crippen LogP contribution is 2.47. The zero-order chi connectivity index (χ0) is 21.3. The maximum absolute atomic E-state index is 13.7. The van der Waals surface area contributed by atoms with Gasteiger partial charge >= 0.3 is 13.7 Å². The van der Waals surface area contributed by atoms with E-state index in [1.165, 1.54) is 6.92 Å². The monoisotopic (exact) mass is 433 g/mol. The van der Waals surface area contributed by atoms with Gasteiger partial charge in [0.05, 0.1) is 6.61 Å². The van der Waals surface area contributed by atoms with Crippen LogP contribution in [0.25, 0.3) is 0 Å². The van der Waals surface area contributed by atoms with Gasteiger partial charge in [0.1, 0.15) is 24.1 Å². The van der Waals surface area contributed by atoms with Crippen LogP contribution in [0.5, 0.6) is 0 Å². The third-order valence-electron chi connectivity index (χ3n) is 4.62. The van der Waals surface area contributed by atoms with Crippen molar-refractivity contribution in [3.63, 3.8) is 0 Å². The molecule has 9 heteroatoms. The lowest BCUT2D eigenvalue weighted by Crippen LogP contribution is -2.37. The largest absolute Gasteiger partial charge is 0.461 e. The molecule has 1 saturated carbocycles. The third-order valence-corrected chi connectivity index (χ3v) is 6.26. The zero-order valence-electron chi connectivity index (χ0n) is 16.9. The van der Waals surface area contributed by atoms with E-state index in [0.717, 1.165) is 39.0 Å². The molecule has 4 atom stereocenters. The highest BCUT2D eigenvalue weighted by atomic mass is 31.2. The number of rotatable bonds is 10. The summed E-state index contributed by atoms with van der Waals surface area (Å²) in [5.74, 6) is -0.378. The van der Waals surface area contributed by atoms with Gasteiger partial charge < -0.3 is 9.26 Å². The molecule has 0 spiro atoms. The molecule has 0 aromatic carbocycles. The minimum absolute atomic E-state index is 0.165. The lowest BCUT2D eigenvalue weighted by Gasteiger charge is -2.26. The molecule has 29 heavy (non-hydrogen) atoms. The summed E-state index contributed by atoms with van der Waals surface area (Å²) in [7, 11) is -4.17. The van der Waals surface area contributed by atoms with Crippen LogP contribution in [0.3, 0.4) is 0 Å². The van der Waals surface area contributed by atoms with Crippen molar-refractivity contribution in [3.05, 3.63) is 36.1 Å². The van der Waals surface area contributed by atoms with E-state index in [9.17, 15) is 18.1 Å². The SMILES string of the molecule is CC(NP(=O)(OCC(F)[C@H](C)F)OC1=CC=CCC=C1)C(=O)OC1CCCCC1. The molecule has 1 N–H and O–H groups in total. The van der Waals surface area contributed by atoms with Gasteiger partial charge in [0.25, 0.3) is 0 Å². The smallest absolute Gasteiger partial charge is 0.459 e. The summed E-state index contributed by atoms with van der Waals surface area (Å²) in [5, 5.41) is 2.49. The van der Waals surface area contributed by atoms with E-state index in [0.29, 0.717) is 6.42 Å². The highest BCUT2D eigenvalue weighted by molar-refractivity contribution is 7.51. The Labute approximate surface area is 170 Å². The lowest BCUT2D eigenvalue weighted by molar-refractivity contribution is -0.152. The number of ether oxygens (including phenoxy) is 1. The fourth-order valence-corrected chi connectivity index (χ4v) is 4.39. The molecular weight excluding hydrogens is 403 g/mol. The predicted octanol–water partition coefficient (Wildman–Crippen LogP) is 5.08. The van der Waals surface area contributed by atoms with Crippen LogP contribution in [-0.2, 0) is 23.1 Å². The Morgan fingerprint density at radius 1 is 1.24 bits per heavy atom. The molecule has 0 aromatic heterocycles. The molecule has 2 aliphatic rings. The Morgan fingerprint density at radius 3 is 2.66 bits per heavy atom. The van der Waals surface area contributed by atoms with Crippen molar-refractivity contribution < 1.29 is 31.9 Å². The molecule has 0 heterocycles. The second kappa shape index (κ2) is 11.6. The molecule has 0 aliphatic heterocycles. The molecular formula is C20H30F2NO5P. The Balaban J connectivity index is 2.04. The summed E-state index contributed by atoms with van der Waals surface area (Å²) in [6, 6.07) is -1.02. The first-order valence-electron chi connectivity index (χ1n) is 10.0. The average molecular weight is 433 g/mol. The summed E-state index contributed by atoms with van der Waals surface area (Å²) >= 11 is 0. The first-order valence-corrected chi connectivity index (χ1v) is 11.6. The first-order chi connectivity index (χ1) is 13.8. The normalized spacial score (nSPS) is 22.7. The number of halogens is 2. The van der Waals surface area contributed by atoms with Gasteiger partial charge in [-0.3, -0.25) is 9.32 Å². The van der Waals surface area contributed by atoms with Crippen molar-refractivity contribution in [2.24, 2.45) is 0 Å².